The Labute approximate surface area is 90.2 Å². The summed E-state index contributed by atoms with van der Waals surface area (Å²) in [4.78, 5) is 3.78. The van der Waals surface area contributed by atoms with Gasteiger partial charge in [-0.1, -0.05) is 11.1 Å². The highest BCUT2D eigenvalue weighted by Gasteiger charge is 2.27. The van der Waals surface area contributed by atoms with E-state index in [9.17, 15) is 13.2 Å². The number of halogens is 3. The van der Waals surface area contributed by atoms with Gasteiger partial charge in [0.15, 0.2) is 5.82 Å². The van der Waals surface area contributed by atoms with E-state index in [0.717, 1.165) is 0 Å². The van der Waals surface area contributed by atoms with Gasteiger partial charge in [-0.25, -0.2) is 0 Å². The van der Waals surface area contributed by atoms with Gasteiger partial charge in [-0.15, -0.1) is 6.42 Å². The lowest BCUT2D eigenvalue weighted by atomic mass is 10.3. The number of alkyl halides is 3. The van der Waals surface area contributed by atoms with Gasteiger partial charge in [0.05, 0.1) is 19.5 Å². The van der Waals surface area contributed by atoms with Crippen molar-refractivity contribution < 1.29 is 17.7 Å². The van der Waals surface area contributed by atoms with Crippen LogP contribution in [0.4, 0.5) is 13.2 Å². The number of hydrogen-bond acceptors (Lipinski definition) is 4. The van der Waals surface area contributed by atoms with Crippen molar-refractivity contribution in [2.75, 3.05) is 6.54 Å². The second-order valence-corrected chi connectivity index (χ2v) is 3.03. The predicted molar refractivity (Wildman–Crippen MR) is 49.2 cm³/mol. The Bertz CT molecular complexity index is 367. The molecule has 1 aromatic heterocycles. The van der Waals surface area contributed by atoms with Gasteiger partial charge in [0, 0.05) is 6.42 Å². The smallest absolute Gasteiger partial charge is 0.338 e. The normalized spacial score (nSPS) is 11.4. The van der Waals surface area contributed by atoms with Gasteiger partial charge < -0.3 is 4.52 Å². The molecule has 0 aromatic carbocycles. The molecule has 88 valence electrons. The summed E-state index contributed by atoms with van der Waals surface area (Å²) >= 11 is 0. The second kappa shape index (κ2) is 5.51. The lowest BCUT2D eigenvalue weighted by molar-refractivity contribution is -0.134. The summed E-state index contributed by atoms with van der Waals surface area (Å²) in [6.07, 6.45) is -0.447. The van der Waals surface area contributed by atoms with Crippen LogP contribution in [0.25, 0.3) is 0 Å². The van der Waals surface area contributed by atoms with Gasteiger partial charge in [0.1, 0.15) is 0 Å². The number of nitrogens with one attached hydrogen (secondary N) is 1. The van der Waals surface area contributed by atoms with Gasteiger partial charge in [0.2, 0.25) is 5.89 Å². The van der Waals surface area contributed by atoms with E-state index in [-0.39, 0.29) is 24.7 Å². The molecule has 0 aliphatic heterocycles. The average Bonchev–Trinajstić information content (AvgIpc) is 2.62. The summed E-state index contributed by atoms with van der Waals surface area (Å²) in [5.41, 5.74) is 0. The minimum atomic E-state index is -4.21. The number of rotatable bonds is 5. The van der Waals surface area contributed by atoms with E-state index in [1.807, 2.05) is 0 Å². The lowest BCUT2D eigenvalue weighted by Crippen LogP contribution is -2.13. The molecule has 1 rings (SSSR count). The Balaban J connectivity index is 2.37. The van der Waals surface area contributed by atoms with Crippen LogP contribution in [0.5, 0.6) is 0 Å². The van der Waals surface area contributed by atoms with Crippen molar-refractivity contribution in [2.24, 2.45) is 0 Å². The summed E-state index contributed by atoms with van der Waals surface area (Å²) in [7, 11) is 0. The van der Waals surface area contributed by atoms with E-state index in [1.54, 1.807) is 0 Å². The van der Waals surface area contributed by atoms with Gasteiger partial charge >= 0.3 is 6.18 Å². The zero-order chi connectivity index (χ0) is 12.0. The van der Waals surface area contributed by atoms with Crippen LogP contribution in [0.3, 0.4) is 0 Å². The summed E-state index contributed by atoms with van der Waals surface area (Å²) in [6.45, 7) is 0.587. The molecule has 7 heteroatoms. The summed E-state index contributed by atoms with van der Waals surface area (Å²) < 4.78 is 40.3. The zero-order valence-corrected chi connectivity index (χ0v) is 8.34. The third-order valence-corrected chi connectivity index (χ3v) is 1.65. The molecule has 0 aliphatic carbocycles. The fourth-order valence-corrected chi connectivity index (χ4v) is 0.959. The maximum absolute atomic E-state index is 11.9. The molecule has 0 saturated heterocycles. The van der Waals surface area contributed by atoms with Crippen molar-refractivity contribution in [3.05, 3.63) is 11.7 Å². The molecule has 4 nitrogen and oxygen atoms in total. The van der Waals surface area contributed by atoms with Crippen LogP contribution in [-0.2, 0) is 13.0 Å². The van der Waals surface area contributed by atoms with E-state index in [1.165, 1.54) is 0 Å². The van der Waals surface area contributed by atoms with Crippen molar-refractivity contribution in [3.63, 3.8) is 0 Å². The number of aromatic nitrogens is 2. The van der Waals surface area contributed by atoms with Crippen molar-refractivity contribution in [3.8, 4) is 12.3 Å². The first kappa shape index (κ1) is 12.5. The summed E-state index contributed by atoms with van der Waals surface area (Å²) in [6, 6.07) is 0. The van der Waals surface area contributed by atoms with E-state index in [2.05, 4.69) is 21.4 Å². The highest BCUT2D eigenvalue weighted by molar-refractivity contribution is 4.90. The van der Waals surface area contributed by atoms with Gasteiger partial charge in [-0.2, -0.15) is 18.2 Å². The topological polar surface area (TPSA) is 51.0 Å². The average molecular weight is 233 g/mol. The largest absolute Gasteiger partial charge is 0.389 e. The minimum absolute atomic E-state index is 0.0508. The summed E-state index contributed by atoms with van der Waals surface area (Å²) in [5.74, 6) is 2.62. The van der Waals surface area contributed by atoms with Crippen molar-refractivity contribution in [1.29, 1.82) is 0 Å². The standard InChI is InChI=1S/C9H10F3N3O/c1-2-5-13-6-8-14-7(15-16-8)3-4-9(10,11)12/h1,13H,3-6H2. The fraction of sp³-hybridized carbons (Fsp3) is 0.556. The van der Waals surface area contributed by atoms with Gasteiger partial charge in [-0.3, -0.25) is 5.32 Å². The van der Waals surface area contributed by atoms with Crippen LogP contribution < -0.4 is 5.32 Å². The Morgan fingerprint density at radius 3 is 2.81 bits per heavy atom. The number of nitrogens with zero attached hydrogens (tertiary/aromatic N) is 2. The Morgan fingerprint density at radius 1 is 1.44 bits per heavy atom. The van der Waals surface area contributed by atoms with E-state index < -0.39 is 12.6 Å². The molecule has 1 heterocycles. The molecule has 0 atom stereocenters. The van der Waals surface area contributed by atoms with Crippen molar-refractivity contribution >= 4 is 0 Å². The molecule has 0 saturated carbocycles. The monoisotopic (exact) mass is 233 g/mol. The SMILES string of the molecule is C#CCNCc1nc(CCC(F)(F)F)no1. The van der Waals surface area contributed by atoms with Crippen LogP contribution in [0.2, 0.25) is 0 Å². The Kier molecular flexibility index (Phi) is 4.31. The summed E-state index contributed by atoms with van der Waals surface area (Å²) in [5, 5.41) is 6.20. The quantitative estimate of drug-likeness (QED) is 0.615. The first-order valence-corrected chi connectivity index (χ1v) is 4.53. The van der Waals surface area contributed by atoms with Crippen molar-refractivity contribution in [1.82, 2.24) is 15.5 Å². The number of terminal acetylenes is 1. The van der Waals surface area contributed by atoms with Crippen molar-refractivity contribution in [2.45, 2.75) is 25.6 Å². The highest BCUT2D eigenvalue weighted by atomic mass is 19.4. The van der Waals surface area contributed by atoms with E-state index in [4.69, 9.17) is 10.9 Å². The second-order valence-electron chi connectivity index (χ2n) is 3.03. The van der Waals surface area contributed by atoms with Gasteiger partial charge in [-0.05, 0) is 0 Å². The molecule has 0 radical (unpaired) electrons. The first-order chi connectivity index (χ1) is 7.51. The molecular formula is C9H10F3N3O. The highest BCUT2D eigenvalue weighted by Crippen LogP contribution is 2.21. The van der Waals surface area contributed by atoms with Gasteiger partial charge in [0.25, 0.3) is 0 Å². The predicted octanol–water partition coefficient (Wildman–Crippen LogP) is 1.29. The van der Waals surface area contributed by atoms with Crippen LogP contribution >= 0.6 is 0 Å². The number of aryl methyl sites for hydroxylation is 1. The van der Waals surface area contributed by atoms with E-state index >= 15 is 0 Å². The Hall–Kier alpha value is -1.55. The lowest BCUT2D eigenvalue weighted by Gasteiger charge is -2.01. The molecule has 0 spiro atoms. The molecule has 0 bridgehead atoms. The fourth-order valence-electron chi connectivity index (χ4n) is 0.959. The van der Waals surface area contributed by atoms with E-state index in [0.29, 0.717) is 6.54 Å². The Morgan fingerprint density at radius 2 is 2.19 bits per heavy atom. The molecule has 0 fully saturated rings. The molecule has 0 amide bonds. The minimum Gasteiger partial charge on any atom is -0.338 e. The first-order valence-electron chi connectivity index (χ1n) is 4.53. The number of hydrogen-bond donors (Lipinski definition) is 1. The molecule has 0 aliphatic rings. The third-order valence-electron chi connectivity index (χ3n) is 1.65. The molecule has 16 heavy (non-hydrogen) atoms. The van der Waals surface area contributed by atoms with Crippen LogP contribution in [0, 0.1) is 12.3 Å². The maximum Gasteiger partial charge on any atom is 0.389 e. The third kappa shape index (κ3) is 4.79. The molecular weight excluding hydrogens is 223 g/mol. The molecule has 1 N–H and O–H groups in total. The van der Waals surface area contributed by atoms with Crippen LogP contribution in [-0.4, -0.2) is 22.9 Å². The van der Waals surface area contributed by atoms with Crippen LogP contribution in [0.1, 0.15) is 18.1 Å². The zero-order valence-electron chi connectivity index (χ0n) is 8.34. The van der Waals surface area contributed by atoms with Crippen LogP contribution in [0.15, 0.2) is 4.52 Å². The maximum atomic E-state index is 11.9. The molecule has 1 aromatic rings. The molecule has 0 unspecified atom stereocenters.